The number of nitrogens with one attached hydrogen (secondary N) is 1. The highest BCUT2D eigenvalue weighted by molar-refractivity contribution is 5.97. The second-order valence-corrected chi connectivity index (χ2v) is 4.37. The fraction of sp³-hybridized carbons (Fsp3) is 0.500. The molecule has 1 aromatic carbocycles. The van der Waals surface area contributed by atoms with E-state index in [9.17, 15) is 0 Å². The van der Waals surface area contributed by atoms with Crippen LogP contribution in [-0.4, -0.2) is 44.0 Å². The zero-order valence-corrected chi connectivity index (χ0v) is 12.0. The maximum Gasteiger partial charge on any atom is 0.170 e. The van der Waals surface area contributed by atoms with Gasteiger partial charge in [-0.1, -0.05) is 12.1 Å². The van der Waals surface area contributed by atoms with Gasteiger partial charge < -0.3 is 25.7 Å². The van der Waals surface area contributed by atoms with E-state index < -0.39 is 0 Å². The van der Waals surface area contributed by atoms with E-state index in [0.717, 1.165) is 18.7 Å². The van der Waals surface area contributed by atoms with Crippen molar-refractivity contribution in [1.82, 2.24) is 5.32 Å². The van der Waals surface area contributed by atoms with Gasteiger partial charge in [0.1, 0.15) is 12.4 Å². The molecule has 112 valence electrons. The molecule has 0 amide bonds. The zero-order chi connectivity index (χ0) is 14.8. The number of hydrogen-bond donors (Lipinski definition) is 3. The summed E-state index contributed by atoms with van der Waals surface area (Å²) in [6.45, 7) is 4.14. The average molecular weight is 281 g/mol. The van der Waals surface area contributed by atoms with Crippen LogP contribution in [0.2, 0.25) is 0 Å². The van der Waals surface area contributed by atoms with E-state index in [2.05, 4.69) is 17.4 Å². The molecule has 4 N–H and O–H groups in total. The number of nitrogens with zero attached hydrogens (tertiary/aromatic N) is 1. The van der Waals surface area contributed by atoms with Gasteiger partial charge >= 0.3 is 0 Å². The van der Waals surface area contributed by atoms with Crippen molar-refractivity contribution in [2.75, 3.05) is 26.9 Å². The Hall–Kier alpha value is -1.79. The minimum Gasteiger partial charge on any atom is -0.492 e. The molecule has 0 bridgehead atoms. The van der Waals surface area contributed by atoms with Crippen LogP contribution in [0.1, 0.15) is 18.9 Å². The molecule has 0 aliphatic heterocycles. The standard InChI is InChI=1S/C14H23N3O3/c1-3-12(10-19-2)16-8-9-20-13-6-4-11(5-7-13)14(15)17-18/h4-7,12,16,18H,3,8-10H2,1-2H3,(H2,15,17). The Morgan fingerprint density at radius 1 is 1.40 bits per heavy atom. The molecule has 6 heteroatoms. The van der Waals surface area contributed by atoms with Gasteiger partial charge in [-0.3, -0.25) is 0 Å². The molecule has 0 aliphatic rings. The van der Waals surface area contributed by atoms with Crippen LogP contribution in [0.5, 0.6) is 5.75 Å². The van der Waals surface area contributed by atoms with Gasteiger partial charge in [0.25, 0.3) is 0 Å². The molecule has 0 fully saturated rings. The lowest BCUT2D eigenvalue weighted by Crippen LogP contribution is -2.35. The van der Waals surface area contributed by atoms with Crippen LogP contribution < -0.4 is 15.8 Å². The van der Waals surface area contributed by atoms with Gasteiger partial charge in [0.15, 0.2) is 5.84 Å². The van der Waals surface area contributed by atoms with Crippen molar-refractivity contribution in [3.8, 4) is 5.75 Å². The number of benzene rings is 1. The lowest BCUT2D eigenvalue weighted by Gasteiger charge is -2.16. The van der Waals surface area contributed by atoms with E-state index in [4.69, 9.17) is 20.4 Å². The zero-order valence-electron chi connectivity index (χ0n) is 12.0. The van der Waals surface area contributed by atoms with Crippen LogP contribution in [0, 0.1) is 0 Å². The third kappa shape index (κ3) is 5.46. The lowest BCUT2D eigenvalue weighted by molar-refractivity contribution is 0.161. The van der Waals surface area contributed by atoms with Crippen LogP contribution in [0.15, 0.2) is 29.4 Å². The molecule has 0 radical (unpaired) electrons. The number of rotatable bonds is 9. The molecular weight excluding hydrogens is 258 g/mol. The van der Waals surface area contributed by atoms with Gasteiger partial charge in [-0.05, 0) is 30.7 Å². The van der Waals surface area contributed by atoms with E-state index >= 15 is 0 Å². The highest BCUT2D eigenvalue weighted by atomic mass is 16.5. The minimum atomic E-state index is 0.0866. The maximum absolute atomic E-state index is 8.56. The van der Waals surface area contributed by atoms with Crippen LogP contribution in [-0.2, 0) is 4.74 Å². The highest BCUT2D eigenvalue weighted by Crippen LogP contribution is 2.11. The summed E-state index contributed by atoms with van der Waals surface area (Å²) in [6.07, 6.45) is 1.02. The monoisotopic (exact) mass is 281 g/mol. The molecule has 1 atom stereocenters. The first-order valence-electron chi connectivity index (χ1n) is 6.64. The Labute approximate surface area is 119 Å². The molecule has 1 aromatic rings. The smallest absolute Gasteiger partial charge is 0.170 e. The fourth-order valence-corrected chi connectivity index (χ4v) is 1.73. The molecule has 1 unspecified atom stereocenters. The molecule has 1 rings (SSSR count). The fourth-order valence-electron chi connectivity index (χ4n) is 1.73. The largest absolute Gasteiger partial charge is 0.492 e. The van der Waals surface area contributed by atoms with Crippen molar-refractivity contribution in [2.45, 2.75) is 19.4 Å². The van der Waals surface area contributed by atoms with E-state index in [1.54, 1.807) is 31.4 Å². The lowest BCUT2D eigenvalue weighted by atomic mass is 10.2. The molecule has 0 saturated carbocycles. The van der Waals surface area contributed by atoms with Gasteiger partial charge in [-0.25, -0.2) is 0 Å². The topological polar surface area (TPSA) is 89.1 Å². The maximum atomic E-state index is 8.56. The quantitative estimate of drug-likeness (QED) is 0.208. The van der Waals surface area contributed by atoms with Crippen molar-refractivity contribution in [2.24, 2.45) is 10.9 Å². The number of nitrogens with two attached hydrogens (primary N) is 1. The third-order valence-corrected chi connectivity index (χ3v) is 2.92. The van der Waals surface area contributed by atoms with Crippen LogP contribution in [0.4, 0.5) is 0 Å². The van der Waals surface area contributed by atoms with Crippen molar-refractivity contribution in [3.63, 3.8) is 0 Å². The van der Waals surface area contributed by atoms with Crippen LogP contribution in [0.25, 0.3) is 0 Å². The van der Waals surface area contributed by atoms with E-state index in [0.29, 0.717) is 24.8 Å². The summed E-state index contributed by atoms with van der Waals surface area (Å²) in [5, 5.41) is 14.9. The highest BCUT2D eigenvalue weighted by Gasteiger charge is 2.04. The van der Waals surface area contributed by atoms with E-state index in [1.807, 2.05) is 0 Å². The third-order valence-electron chi connectivity index (χ3n) is 2.92. The summed E-state index contributed by atoms with van der Waals surface area (Å²) in [6, 6.07) is 7.43. The summed E-state index contributed by atoms with van der Waals surface area (Å²) in [7, 11) is 1.70. The number of methoxy groups -OCH3 is 1. The Kier molecular flexibility index (Phi) is 7.46. The molecule has 0 spiro atoms. The van der Waals surface area contributed by atoms with Gasteiger partial charge in [-0.15, -0.1) is 0 Å². The Balaban J connectivity index is 2.32. The predicted molar refractivity (Wildman–Crippen MR) is 78.4 cm³/mol. The van der Waals surface area contributed by atoms with Gasteiger partial charge in [-0.2, -0.15) is 0 Å². The number of ether oxygens (including phenoxy) is 2. The van der Waals surface area contributed by atoms with Gasteiger partial charge in [0, 0.05) is 25.3 Å². The second kappa shape index (κ2) is 9.17. The molecule has 0 aliphatic carbocycles. The first kappa shape index (κ1) is 16.3. The Morgan fingerprint density at radius 3 is 2.65 bits per heavy atom. The number of hydrogen-bond acceptors (Lipinski definition) is 5. The predicted octanol–water partition coefficient (Wildman–Crippen LogP) is 1.17. The SMILES string of the molecule is CCC(COC)NCCOc1ccc(C(N)=NO)cc1. The van der Waals surface area contributed by atoms with Gasteiger partial charge in [0.05, 0.1) is 6.61 Å². The molecule has 6 nitrogen and oxygen atoms in total. The van der Waals surface area contributed by atoms with E-state index in [1.165, 1.54) is 0 Å². The number of oxime groups is 1. The molecular formula is C14H23N3O3. The second-order valence-electron chi connectivity index (χ2n) is 4.37. The first-order valence-corrected chi connectivity index (χ1v) is 6.64. The Bertz CT molecular complexity index is 407. The summed E-state index contributed by atoms with van der Waals surface area (Å²) in [5.74, 6) is 0.838. The summed E-state index contributed by atoms with van der Waals surface area (Å²) in [4.78, 5) is 0. The normalized spacial score (nSPS) is 13.2. The summed E-state index contributed by atoms with van der Waals surface area (Å²) < 4.78 is 10.7. The van der Waals surface area contributed by atoms with Crippen LogP contribution >= 0.6 is 0 Å². The van der Waals surface area contributed by atoms with Crippen molar-refractivity contribution < 1.29 is 14.7 Å². The molecule has 0 heterocycles. The molecule has 20 heavy (non-hydrogen) atoms. The minimum absolute atomic E-state index is 0.0866. The number of amidine groups is 1. The average Bonchev–Trinajstić information content (AvgIpc) is 2.50. The first-order chi connectivity index (χ1) is 9.71. The molecule has 0 saturated heterocycles. The van der Waals surface area contributed by atoms with Crippen molar-refractivity contribution in [3.05, 3.63) is 29.8 Å². The van der Waals surface area contributed by atoms with Gasteiger partial charge in [0.2, 0.25) is 0 Å². The van der Waals surface area contributed by atoms with Crippen LogP contribution in [0.3, 0.4) is 0 Å². The van der Waals surface area contributed by atoms with Crippen molar-refractivity contribution in [1.29, 1.82) is 0 Å². The molecule has 0 aromatic heterocycles. The summed E-state index contributed by atoms with van der Waals surface area (Å²) in [5.41, 5.74) is 6.14. The van der Waals surface area contributed by atoms with Crippen molar-refractivity contribution >= 4 is 5.84 Å². The Morgan fingerprint density at radius 2 is 2.10 bits per heavy atom. The van der Waals surface area contributed by atoms with E-state index in [-0.39, 0.29) is 5.84 Å². The summed E-state index contributed by atoms with van der Waals surface area (Å²) >= 11 is 0.